The average molecular weight is 1090 g/mol. The number of amides is 10. The lowest BCUT2D eigenvalue weighted by Gasteiger charge is -2.31. The average Bonchev–Trinajstić information content (AvgIpc) is 3.85. The van der Waals surface area contributed by atoms with Crippen molar-refractivity contribution in [3.63, 3.8) is 0 Å². The number of likely N-dealkylation sites (tertiary alicyclic amines) is 1. The second kappa shape index (κ2) is 32.5. The van der Waals surface area contributed by atoms with Gasteiger partial charge in [-0.3, -0.25) is 58.1 Å². The van der Waals surface area contributed by atoms with Gasteiger partial charge in [0.2, 0.25) is 59.1 Å². The molecule has 28 heteroatoms. The van der Waals surface area contributed by atoms with Crippen molar-refractivity contribution < 1.29 is 67.7 Å². The molecular weight excluding hydrogens is 1010 g/mol. The molecule has 1 saturated heterocycles. The Kier molecular flexibility index (Phi) is 27.5. The Morgan fingerprint density at radius 2 is 1.25 bits per heavy atom. The van der Waals surface area contributed by atoms with Crippen LogP contribution in [0.1, 0.15) is 98.5 Å². The van der Waals surface area contributed by atoms with E-state index in [9.17, 15) is 67.7 Å². The van der Waals surface area contributed by atoms with Gasteiger partial charge in [0.1, 0.15) is 42.3 Å². The second-order valence-electron chi connectivity index (χ2n) is 19.8. The highest BCUT2D eigenvalue weighted by atomic mass is 16.4. The van der Waals surface area contributed by atoms with Gasteiger partial charge in [0, 0.05) is 25.9 Å². The number of carbonyl (C=O) groups excluding carboxylic acids is 10. The molecule has 0 saturated carbocycles. The van der Waals surface area contributed by atoms with E-state index in [-0.39, 0.29) is 75.8 Å². The maximum atomic E-state index is 14.3. The fourth-order valence-corrected chi connectivity index (χ4v) is 7.94. The van der Waals surface area contributed by atoms with Crippen LogP contribution in [0.5, 0.6) is 0 Å². The maximum absolute atomic E-state index is 14.3. The van der Waals surface area contributed by atoms with Gasteiger partial charge in [-0.05, 0) is 61.8 Å². The Morgan fingerprint density at radius 3 is 1.82 bits per heavy atom. The first-order valence-electron chi connectivity index (χ1n) is 25.4. The lowest BCUT2D eigenvalue weighted by atomic mass is 9.99. The van der Waals surface area contributed by atoms with Crippen molar-refractivity contribution in [2.75, 3.05) is 26.2 Å². The van der Waals surface area contributed by atoms with Crippen LogP contribution in [0.25, 0.3) is 0 Å². The van der Waals surface area contributed by atoms with Gasteiger partial charge in [-0.2, -0.15) is 0 Å². The molecule has 1 aromatic rings. The van der Waals surface area contributed by atoms with Crippen LogP contribution in [0.2, 0.25) is 0 Å². The minimum atomic E-state index is -1.73. The van der Waals surface area contributed by atoms with Crippen molar-refractivity contribution in [1.82, 2.24) is 52.8 Å². The summed E-state index contributed by atoms with van der Waals surface area (Å²) in [5.41, 5.74) is 17.2. The molecule has 10 amide bonds. The number of nitrogens with one attached hydrogen (secondary N) is 10. The number of benzene rings is 1. The standard InChI is InChI=1S/C49H78N14O14/c1-25(2)20-31(42(70)58-29(14-10-18-54-49(52)53)47(75)63-19-11-15-34(63)44(72)56-23-36(65)57-30(48(76)77)16-17-35(50)64)61-46(74)40(27(5)6)62-37(66)24-55-41(69)33(22-38(67)68)59-43(71)32(21-28-12-8-7-9-13-28)60-45(73)39(51)26(3)4/h7-9,12-13,25-27,29-34,39-40H,10-11,14-24,51H2,1-6H3,(H2,50,64)(H,55,69)(H,56,72)(H,57,65)(H,58,70)(H,59,71)(H,60,73)(H,61,74)(H,62,66)(H,67,68)(H,76,77)(H4,52,53,54)/t29-,30-,31-,32-,33-,34-,39-,40-/m0/s1. The van der Waals surface area contributed by atoms with E-state index in [4.69, 9.17) is 22.6 Å². The Hall–Kier alpha value is -7.91. The Bertz CT molecular complexity index is 2270. The Morgan fingerprint density at radius 1 is 0.662 bits per heavy atom. The van der Waals surface area contributed by atoms with Gasteiger partial charge in [-0.1, -0.05) is 71.9 Å². The zero-order valence-electron chi connectivity index (χ0n) is 44.4. The maximum Gasteiger partial charge on any atom is 0.326 e. The van der Waals surface area contributed by atoms with Crippen LogP contribution < -0.4 is 65.1 Å². The highest BCUT2D eigenvalue weighted by Crippen LogP contribution is 2.20. The predicted octanol–water partition coefficient (Wildman–Crippen LogP) is -3.87. The number of rotatable bonds is 33. The van der Waals surface area contributed by atoms with Gasteiger partial charge in [0.25, 0.3) is 0 Å². The van der Waals surface area contributed by atoms with E-state index in [1.54, 1.807) is 71.9 Å². The molecule has 18 N–H and O–H groups in total. The summed E-state index contributed by atoms with van der Waals surface area (Å²) >= 11 is 0. The first-order valence-corrected chi connectivity index (χ1v) is 25.4. The van der Waals surface area contributed by atoms with Gasteiger partial charge in [0.15, 0.2) is 5.96 Å². The number of carboxylic acids is 2. The van der Waals surface area contributed by atoms with Crippen LogP contribution >= 0.6 is 0 Å². The number of carboxylic acid groups (broad SMARTS) is 2. The van der Waals surface area contributed by atoms with E-state index in [2.05, 4.69) is 47.9 Å². The molecule has 77 heavy (non-hydrogen) atoms. The van der Waals surface area contributed by atoms with Crippen LogP contribution in [0.3, 0.4) is 0 Å². The van der Waals surface area contributed by atoms with Crippen molar-refractivity contribution >= 4 is 77.0 Å². The van der Waals surface area contributed by atoms with Gasteiger partial charge in [0.05, 0.1) is 25.6 Å². The van der Waals surface area contributed by atoms with Gasteiger partial charge >= 0.3 is 11.9 Å². The quantitative estimate of drug-likeness (QED) is 0.0182. The van der Waals surface area contributed by atoms with Crippen molar-refractivity contribution in [3.8, 4) is 0 Å². The summed E-state index contributed by atoms with van der Waals surface area (Å²) in [4.78, 5) is 157. The Labute approximate surface area is 446 Å². The minimum Gasteiger partial charge on any atom is -0.481 e. The summed E-state index contributed by atoms with van der Waals surface area (Å²) < 4.78 is 0. The fraction of sp³-hybridized carbons (Fsp3) is 0.612. The zero-order chi connectivity index (χ0) is 58.1. The first-order chi connectivity index (χ1) is 36.1. The largest absolute Gasteiger partial charge is 0.481 e. The van der Waals surface area contributed by atoms with E-state index in [1.165, 1.54) is 4.90 Å². The molecule has 1 fully saturated rings. The summed E-state index contributed by atoms with van der Waals surface area (Å²) in [6.45, 7) is 8.87. The molecule has 8 atom stereocenters. The summed E-state index contributed by atoms with van der Waals surface area (Å²) in [5, 5.41) is 48.8. The highest BCUT2D eigenvalue weighted by Gasteiger charge is 2.39. The number of nitrogens with zero attached hydrogens (tertiary/aromatic N) is 1. The van der Waals surface area contributed by atoms with E-state index in [0.29, 0.717) is 12.0 Å². The van der Waals surface area contributed by atoms with Crippen LogP contribution in [0.15, 0.2) is 30.3 Å². The van der Waals surface area contributed by atoms with Crippen LogP contribution in [0.4, 0.5) is 0 Å². The summed E-state index contributed by atoms with van der Waals surface area (Å²) in [6.07, 6.45) is -0.841. The molecule has 0 bridgehead atoms. The van der Waals surface area contributed by atoms with Gasteiger partial charge in [-0.25, -0.2) is 4.79 Å². The molecule has 0 unspecified atom stereocenters. The molecule has 0 radical (unpaired) electrons. The highest BCUT2D eigenvalue weighted by molar-refractivity contribution is 5.98. The number of hydrogen-bond acceptors (Lipinski definition) is 14. The summed E-state index contributed by atoms with van der Waals surface area (Å²) in [7, 11) is 0. The molecule has 1 heterocycles. The SMILES string of the molecule is CC(C)C[C@H](NC(=O)[C@@H](NC(=O)CNC(=O)[C@H](CC(=O)O)NC(=O)[C@H](Cc1ccccc1)NC(=O)[C@@H](N)C(C)C)C(C)C)C(=O)N[C@@H](CCCNC(=N)N)C(=O)N1CCC[C@H]1C(=O)NCC(=O)N[C@@H](CCC(N)=O)C(=O)O. The molecule has 0 spiro atoms. The molecule has 28 nitrogen and oxygen atoms in total. The van der Waals surface area contributed by atoms with E-state index >= 15 is 0 Å². The van der Waals surface area contributed by atoms with E-state index in [0.717, 1.165) is 0 Å². The second-order valence-corrected chi connectivity index (χ2v) is 19.8. The first kappa shape index (κ1) is 65.2. The van der Waals surface area contributed by atoms with Crippen LogP contribution in [-0.2, 0) is 64.0 Å². The third-order valence-corrected chi connectivity index (χ3v) is 12.2. The zero-order valence-corrected chi connectivity index (χ0v) is 44.4. The lowest BCUT2D eigenvalue weighted by molar-refractivity contribution is -0.143. The number of nitrogens with two attached hydrogens (primary N) is 3. The number of guanidine groups is 1. The molecule has 0 aliphatic carbocycles. The van der Waals surface area contributed by atoms with Crippen LogP contribution in [-0.4, -0.2) is 167 Å². The molecule has 2 rings (SSSR count). The molecule has 1 aliphatic rings. The van der Waals surface area contributed by atoms with E-state index in [1.807, 2.05) is 0 Å². The third kappa shape index (κ3) is 23.7. The number of aliphatic carboxylic acids is 2. The van der Waals surface area contributed by atoms with Gasteiger partial charge < -0.3 is 80.2 Å². The molecular formula is C49H78N14O14. The van der Waals surface area contributed by atoms with Crippen molar-refractivity contribution in [2.24, 2.45) is 35.0 Å². The summed E-state index contributed by atoms with van der Waals surface area (Å²) in [5.74, 6) is -12.6. The van der Waals surface area contributed by atoms with E-state index < -0.39 is 145 Å². The monoisotopic (exact) mass is 1090 g/mol. The van der Waals surface area contributed by atoms with Crippen molar-refractivity contribution in [2.45, 2.75) is 148 Å². The van der Waals surface area contributed by atoms with Crippen molar-refractivity contribution in [1.29, 1.82) is 5.41 Å². The third-order valence-electron chi connectivity index (χ3n) is 12.2. The molecule has 1 aliphatic heterocycles. The van der Waals surface area contributed by atoms with Crippen molar-refractivity contribution in [3.05, 3.63) is 35.9 Å². The fourth-order valence-electron chi connectivity index (χ4n) is 7.94. The van der Waals surface area contributed by atoms with Gasteiger partial charge in [-0.15, -0.1) is 0 Å². The van der Waals surface area contributed by atoms with Crippen LogP contribution in [0, 0.1) is 23.2 Å². The number of hydrogen-bond donors (Lipinski definition) is 15. The lowest BCUT2D eigenvalue weighted by Crippen LogP contribution is -2.60. The normalized spacial score (nSPS) is 15.8. The Balaban J connectivity index is 2.24. The number of carbonyl (C=O) groups is 12. The molecule has 1 aromatic carbocycles. The molecule has 0 aromatic heterocycles. The topological polar surface area (TPSA) is 459 Å². The summed E-state index contributed by atoms with van der Waals surface area (Å²) in [6, 6.07) is -1.90. The molecule has 428 valence electrons. The smallest absolute Gasteiger partial charge is 0.326 e. The minimum absolute atomic E-state index is 0.0342. The predicted molar refractivity (Wildman–Crippen MR) is 277 cm³/mol. The number of primary amides is 1.